The second-order valence-electron chi connectivity index (χ2n) is 6.18. The lowest BCUT2D eigenvalue weighted by Gasteiger charge is -2.15. The van der Waals surface area contributed by atoms with Crippen molar-refractivity contribution < 1.29 is 19.0 Å². The van der Waals surface area contributed by atoms with Crippen LogP contribution in [0.5, 0.6) is 11.6 Å². The predicted molar refractivity (Wildman–Crippen MR) is 100 cm³/mol. The highest BCUT2D eigenvalue weighted by molar-refractivity contribution is 6.30. The second kappa shape index (κ2) is 7.36. The number of hydrogen-bond donors (Lipinski definition) is 2. The van der Waals surface area contributed by atoms with E-state index in [2.05, 4.69) is 15.2 Å². The Balaban J connectivity index is 1.80. The molecule has 0 aliphatic heterocycles. The molecule has 0 fully saturated rings. The molecule has 0 saturated heterocycles. The molecule has 0 aliphatic rings. The quantitative estimate of drug-likeness (QED) is 0.589. The average molecular weight is 390 g/mol. The Hall–Kier alpha value is -2.93. The molecule has 0 unspecified atom stereocenters. The van der Waals surface area contributed by atoms with Crippen molar-refractivity contribution >= 4 is 34.1 Å². The number of carbonyl (C=O) groups excluding carboxylic acids is 1. The summed E-state index contributed by atoms with van der Waals surface area (Å²) in [4.78, 5) is 14.9. The summed E-state index contributed by atoms with van der Waals surface area (Å²) in [7, 11) is 0. The lowest BCUT2D eigenvalue weighted by molar-refractivity contribution is -0.124. The third-order valence-electron chi connectivity index (χ3n) is 4.03. The van der Waals surface area contributed by atoms with Crippen molar-refractivity contribution in [3.63, 3.8) is 0 Å². The van der Waals surface area contributed by atoms with Gasteiger partial charge in [-0.2, -0.15) is 0 Å². The van der Waals surface area contributed by atoms with Crippen molar-refractivity contribution in [1.29, 1.82) is 0 Å². The van der Waals surface area contributed by atoms with E-state index in [-0.39, 0.29) is 11.6 Å². The van der Waals surface area contributed by atoms with E-state index in [0.717, 1.165) is 11.1 Å². The summed E-state index contributed by atoms with van der Waals surface area (Å²) in [6.45, 7) is 5.21. The van der Waals surface area contributed by atoms with Crippen LogP contribution >= 0.6 is 11.6 Å². The minimum atomic E-state index is -0.892. The highest BCUT2D eigenvalue weighted by Crippen LogP contribution is 2.35. The van der Waals surface area contributed by atoms with Crippen molar-refractivity contribution in [2.45, 2.75) is 26.9 Å². The molecule has 1 heterocycles. The fraction of sp³-hybridized carbons (Fsp3) is 0.211. The summed E-state index contributed by atoms with van der Waals surface area (Å²) in [6, 6.07) is 7.37. The number of fused-ring (bicyclic) bond motifs is 1. The number of benzene rings is 2. The number of rotatable bonds is 4. The maximum absolute atomic E-state index is 13.3. The van der Waals surface area contributed by atoms with Crippen LogP contribution in [0.4, 0.5) is 10.1 Å². The van der Waals surface area contributed by atoms with Crippen LogP contribution in [0.1, 0.15) is 18.1 Å². The Labute approximate surface area is 159 Å². The number of nitrogens with one attached hydrogen (secondary N) is 1. The van der Waals surface area contributed by atoms with Gasteiger partial charge < -0.3 is 14.8 Å². The van der Waals surface area contributed by atoms with Gasteiger partial charge in [0.05, 0.1) is 5.52 Å². The zero-order chi connectivity index (χ0) is 19.7. The van der Waals surface area contributed by atoms with Gasteiger partial charge in [-0.1, -0.05) is 11.6 Å². The summed E-state index contributed by atoms with van der Waals surface area (Å²) in [5, 5.41) is 18.4. The van der Waals surface area contributed by atoms with Gasteiger partial charge in [-0.05, 0) is 62.2 Å². The first-order valence-corrected chi connectivity index (χ1v) is 8.53. The van der Waals surface area contributed by atoms with Crippen LogP contribution in [0.3, 0.4) is 0 Å². The van der Waals surface area contributed by atoms with Gasteiger partial charge in [0.2, 0.25) is 5.88 Å². The molecule has 0 spiro atoms. The molecule has 0 bridgehead atoms. The van der Waals surface area contributed by atoms with E-state index in [1.807, 2.05) is 13.8 Å². The van der Waals surface area contributed by atoms with E-state index in [1.165, 1.54) is 18.2 Å². The van der Waals surface area contributed by atoms with Gasteiger partial charge in [0.1, 0.15) is 11.6 Å². The number of H-pyrrole nitrogens is 1. The normalized spacial score (nSPS) is 12.6. The number of ether oxygens (including phenoxy) is 1. The Morgan fingerprint density at radius 1 is 1.26 bits per heavy atom. The first-order valence-electron chi connectivity index (χ1n) is 8.15. The fourth-order valence-electron chi connectivity index (χ4n) is 2.73. The number of halogens is 2. The van der Waals surface area contributed by atoms with Crippen LogP contribution in [-0.2, 0) is 4.79 Å². The molecule has 2 aromatic carbocycles. The molecule has 27 heavy (non-hydrogen) atoms. The van der Waals surface area contributed by atoms with Gasteiger partial charge >= 0.3 is 5.91 Å². The summed E-state index contributed by atoms with van der Waals surface area (Å²) in [5.41, 5.74) is 2.01. The smallest absolute Gasteiger partial charge is 0.304 e. The van der Waals surface area contributed by atoms with E-state index in [9.17, 15) is 14.3 Å². The van der Waals surface area contributed by atoms with Gasteiger partial charge in [0.15, 0.2) is 11.8 Å². The van der Waals surface area contributed by atoms with E-state index in [1.54, 1.807) is 19.1 Å². The van der Waals surface area contributed by atoms with Crippen molar-refractivity contribution in [3.8, 4) is 11.6 Å². The zero-order valence-corrected chi connectivity index (χ0v) is 15.6. The number of aromatic nitrogens is 1. The average Bonchev–Trinajstić information content (AvgIpc) is 2.89. The first kappa shape index (κ1) is 18.8. The molecule has 0 saturated carbocycles. The van der Waals surface area contributed by atoms with Crippen molar-refractivity contribution in [2.75, 3.05) is 0 Å². The lowest BCUT2D eigenvalue weighted by atomic mass is 10.1. The Morgan fingerprint density at radius 2 is 1.93 bits per heavy atom. The number of hydrogen-bond acceptors (Lipinski definition) is 4. The molecule has 1 atom stereocenters. The van der Waals surface area contributed by atoms with E-state index in [0.29, 0.717) is 21.7 Å². The molecule has 3 rings (SSSR count). The summed E-state index contributed by atoms with van der Waals surface area (Å²) < 4.78 is 19.0. The van der Waals surface area contributed by atoms with Crippen molar-refractivity contribution in [1.82, 2.24) is 4.98 Å². The van der Waals surface area contributed by atoms with E-state index < -0.39 is 17.8 Å². The molecule has 2 N–H and O–H groups in total. The lowest BCUT2D eigenvalue weighted by Crippen LogP contribution is -2.22. The minimum absolute atomic E-state index is 0.0596. The summed E-state index contributed by atoms with van der Waals surface area (Å²) >= 11 is 5.99. The van der Waals surface area contributed by atoms with Crippen molar-refractivity contribution in [3.05, 3.63) is 52.3 Å². The van der Waals surface area contributed by atoms with Crippen LogP contribution in [0, 0.1) is 19.7 Å². The molecule has 140 valence electrons. The van der Waals surface area contributed by atoms with Crippen LogP contribution in [-0.4, -0.2) is 22.1 Å². The monoisotopic (exact) mass is 389 g/mol. The second-order valence-corrected chi connectivity index (χ2v) is 6.62. The number of aromatic amines is 1. The Bertz CT molecular complexity index is 1040. The van der Waals surface area contributed by atoms with Crippen LogP contribution in [0.25, 0.3) is 10.9 Å². The number of azo groups is 1. The maximum atomic E-state index is 13.3. The zero-order valence-electron chi connectivity index (χ0n) is 14.9. The Morgan fingerprint density at radius 3 is 2.59 bits per heavy atom. The molecular weight excluding hydrogens is 373 g/mol. The van der Waals surface area contributed by atoms with Crippen molar-refractivity contribution in [2.24, 2.45) is 10.2 Å². The topological polar surface area (TPSA) is 87.0 Å². The molecule has 6 nitrogen and oxygen atoms in total. The highest BCUT2D eigenvalue weighted by Gasteiger charge is 2.18. The number of carbonyl (C=O) groups is 1. The van der Waals surface area contributed by atoms with E-state index >= 15 is 0 Å². The maximum Gasteiger partial charge on any atom is 0.304 e. The third-order valence-corrected chi connectivity index (χ3v) is 4.25. The number of aryl methyl sites for hydroxylation is 2. The molecule has 8 heteroatoms. The van der Waals surface area contributed by atoms with Gasteiger partial charge in [-0.3, -0.25) is 4.79 Å². The molecule has 1 aromatic heterocycles. The van der Waals surface area contributed by atoms with Gasteiger partial charge in [-0.15, -0.1) is 10.2 Å². The van der Waals surface area contributed by atoms with Gasteiger partial charge in [0, 0.05) is 10.4 Å². The highest BCUT2D eigenvalue weighted by atomic mass is 35.5. The fourth-order valence-corrected chi connectivity index (χ4v) is 3.06. The molecule has 0 radical (unpaired) electrons. The van der Waals surface area contributed by atoms with Crippen LogP contribution in [0.15, 0.2) is 40.6 Å². The molecule has 3 aromatic rings. The van der Waals surface area contributed by atoms with Gasteiger partial charge in [0.25, 0.3) is 0 Å². The van der Waals surface area contributed by atoms with E-state index in [4.69, 9.17) is 16.3 Å². The minimum Gasteiger partial charge on any atom is -0.493 e. The number of nitrogens with zero attached hydrogens (tertiary/aromatic N) is 2. The standard InChI is InChI=1S/C19H17ClFN3O3/c1-9-6-12(20)7-10(2)17(9)27-11(3)18(25)24-23-16-14-5-4-13(21)8-15(14)22-19(16)26/h4-8,11,22,26H,1-3H3/t11-/m0/s1. The predicted octanol–water partition coefficient (Wildman–Crippen LogP) is 5.36. The SMILES string of the molecule is Cc1cc(Cl)cc(C)c1O[C@@H](C)C(=O)N=Nc1c(O)[nH]c2cc(F)ccc12. The third kappa shape index (κ3) is 3.93. The molecular formula is C19H17ClFN3O3. The number of amides is 1. The summed E-state index contributed by atoms with van der Waals surface area (Å²) in [6.07, 6.45) is -0.892. The van der Waals surface area contributed by atoms with Crippen LogP contribution in [0.2, 0.25) is 5.02 Å². The Kier molecular flexibility index (Phi) is 5.14. The molecule has 1 amide bonds. The van der Waals surface area contributed by atoms with Crippen LogP contribution < -0.4 is 4.74 Å². The molecule has 0 aliphatic carbocycles. The van der Waals surface area contributed by atoms with Gasteiger partial charge in [-0.25, -0.2) is 4.39 Å². The first-order chi connectivity index (χ1) is 12.8. The number of aromatic hydroxyl groups is 1. The largest absolute Gasteiger partial charge is 0.493 e. The summed E-state index contributed by atoms with van der Waals surface area (Å²) in [5.74, 6) is -0.829.